The van der Waals surface area contributed by atoms with Crippen molar-refractivity contribution in [2.24, 2.45) is 11.3 Å². The smallest absolute Gasteiger partial charge is 0.319 e. The number of anilines is 1. The fraction of sp³-hybridized carbons (Fsp3) is 0.486. The summed E-state index contributed by atoms with van der Waals surface area (Å²) in [6.45, 7) is 2.76. The van der Waals surface area contributed by atoms with Crippen molar-refractivity contribution in [1.29, 1.82) is 5.26 Å². The predicted molar refractivity (Wildman–Crippen MR) is 175 cm³/mol. The highest BCUT2D eigenvalue weighted by atomic mass is 19.2. The maximum absolute atomic E-state index is 16.8. The Balaban J connectivity index is 1.09. The van der Waals surface area contributed by atoms with E-state index in [4.69, 9.17) is 9.72 Å². The van der Waals surface area contributed by atoms with Crippen LogP contribution in [0.5, 0.6) is 11.8 Å². The van der Waals surface area contributed by atoms with E-state index in [9.17, 15) is 14.8 Å². The molecule has 248 valence electrons. The number of aromatic nitrogens is 2. The first-order valence-corrected chi connectivity index (χ1v) is 17.2. The van der Waals surface area contributed by atoms with Gasteiger partial charge in [0, 0.05) is 71.5 Å². The topological polar surface area (TPSA) is 97.5 Å². The van der Waals surface area contributed by atoms with Gasteiger partial charge in [-0.3, -0.25) is 4.90 Å². The number of phenols is 1. The Kier molecular flexibility index (Phi) is 6.99. The number of piperazine rings is 1. The van der Waals surface area contributed by atoms with Crippen LogP contribution in [0.1, 0.15) is 51.4 Å². The summed E-state index contributed by atoms with van der Waals surface area (Å²) in [5.74, 6) is -2.33. The van der Waals surface area contributed by atoms with Crippen LogP contribution in [0.15, 0.2) is 36.4 Å². The van der Waals surface area contributed by atoms with Gasteiger partial charge in [-0.1, -0.05) is 12.1 Å². The number of phenolic OH excluding ortho intramolecular Hbond substituents is 1. The lowest BCUT2D eigenvalue weighted by molar-refractivity contribution is 0.0760. The number of hydrogen-bond acceptors (Lipinski definition) is 8. The maximum Gasteiger partial charge on any atom is 0.319 e. The molecule has 5 aliphatic rings. The number of nitrogens with zero attached hydrogens (tertiary/aromatic N) is 5. The second kappa shape index (κ2) is 11.2. The van der Waals surface area contributed by atoms with Crippen molar-refractivity contribution in [3.63, 3.8) is 0 Å². The molecule has 0 radical (unpaired) electrons. The number of rotatable bonds is 7. The Labute approximate surface area is 276 Å². The molecule has 4 aromatic rings. The first kappa shape index (κ1) is 30.0. The zero-order chi connectivity index (χ0) is 32.7. The molecule has 1 aliphatic carbocycles. The first-order chi connectivity index (χ1) is 23.3. The van der Waals surface area contributed by atoms with Crippen LogP contribution in [-0.4, -0.2) is 70.4 Å². The van der Waals surface area contributed by atoms with E-state index in [-0.39, 0.29) is 50.5 Å². The average Bonchev–Trinajstić information content (AvgIpc) is 3.72. The summed E-state index contributed by atoms with van der Waals surface area (Å²) in [4.78, 5) is 14.3. The summed E-state index contributed by atoms with van der Waals surface area (Å²) < 4.78 is 52.8. The van der Waals surface area contributed by atoms with Crippen LogP contribution in [0.3, 0.4) is 0 Å². The van der Waals surface area contributed by atoms with Crippen molar-refractivity contribution in [1.82, 2.24) is 20.2 Å². The van der Waals surface area contributed by atoms with Crippen molar-refractivity contribution in [3.8, 4) is 29.0 Å². The van der Waals surface area contributed by atoms with Crippen LogP contribution in [0.25, 0.3) is 32.8 Å². The van der Waals surface area contributed by atoms with E-state index in [0.29, 0.717) is 42.0 Å². The lowest BCUT2D eigenvalue weighted by Crippen LogP contribution is -2.51. The monoisotopic (exact) mass is 654 g/mol. The Bertz CT molecular complexity index is 1970. The Morgan fingerprint density at radius 2 is 1.69 bits per heavy atom. The van der Waals surface area contributed by atoms with Gasteiger partial charge in [0.05, 0.1) is 12.7 Å². The predicted octanol–water partition coefficient (Wildman–Crippen LogP) is 6.44. The molecule has 2 N–H and O–H groups in total. The van der Waals surface area contributed by atoms with Crippen LogP contribution >= 0.6 is 0 Å². The number of piperidine rings is 1. The van der Waals surface area contributed by atoms with Gasteiger partial charge in [-0.25, -0.2) is 13.2 Å². The molecule has 48 heavy (non-hydrogen) atoms. The number of hydrogen-bond donors (Lipinski definition) is 2. The second-order valence-corrected chi connectivity index (χ2v) is 14.8. The molecule has 3 aromatic carbocycles. The second-order valence-electron chi connectivity index (χ2n) is 14.8. The van der Waals surface area contributed by atoms with Gasteiger partial charge in [-0.05, 0) is 86.6 Å². The molecule has 4 atom stereocenters. The lowest BCUT2D eigenvalue weighted by Gasteiger charge is -2.39. The van der Waals surface area contributed by atoms with Gasteiger partial charge >= 0.3 is 6.01 Å². The molecule has 8 nitrogen and oxygen atoms in total. The largest absolute Gasteiger partial charge is 0.508 e. The highest BCUT2D eigenvalue weighted by molar-refractivity contribution is 6.01. The molecule has 1 aromatic heterocycles. The molecule has 4 unspecified atom stereocenters. The van der Waals surface area contributed by atoms with Gasteiger partial charge in [0.1, 0.15) is 17.1 Å². The SMILES string of the molecule is N#CC1CC2CCC(C1)N2CC1(COc2nc(N3CC4CCC(C3)N4)c3ccc(-c4cc(O)cc5ccc(F)c(F)c45)c(F)c3n2)CC1. The fourth-order valence-corrected chi connectivity index (χ4v) is 8.97. The van der Waals surface area contributed by atoms with Crippen molar-refractivity contribution >= 4 is 27.5 Å². The molecule has 4 aliphatic heterocycles. The highest BCUT2D eigenvalue weighted by Crippen LogP contribution is 2.50. The maximum atomic E-state index is 16.8. The highest BCUT2D eigenvalue weighted by Gasteiger charge is 2.50. The van der Waals surface area contributed by atoms with Gasteiger partial charge in [-0.15, -0.1) is 0 Å². The number of benzene rings is 3. The Morgan fingerprint density at radius 1 is 0.938 bits per heavy atom. The molecule has 9 rings (SSSR count). The van der Waals surface area contributed by atoms with Crippen molar-refractivity contribution < 1.29 is 23.0 Å². The van der Waals surface area contributed by atoms with Gasteiger partial charge in [0.25, 0.3) is 0 Å². The normalized spacial score (nSPS) is 27.5. The first-order valence-electron chi connectivity index (χ1n) is 17.2. The molecule has 11 heteroatoms. The zero-order valence-electron chi connectivity index (χ0n) is 26.6. The molecule has 4 bridgehead atoms. The van der Waals surface area contributed by atoms with Crippen LogP contribution in [0.4, 0.5) is 19.0 Å². The number of halogens is 3. The number of aromatic hydroxyl groups is 1. The number of ether oxygens (including phenoxy) is 1. The van der Waals surface area contributed by atoms with E-state index in [1.807, 2.05) is 0 Å². The van der Waals surface area contributed by atoms with Crippen LogP contribution in [0, 0.1) is 40.1 Å². The molecule has 0 spiro atoms. The summed E-state index contributed by atoms with van der Waals surface area (Å²) in [7, 11) is 0. The quantitative estimate of drug-likeness (QED) is 0.235. The van der Waals surface area contributed by atoms with Crippen molar-refractivity contribution in [3.05, 3.63) is 53.8 Å². The van der Waals surface area contributed by atoms with Crippen molar-refractivity contribution in [2.75, 3.05) is 31.1 Å². The van der Waals surface area contributed by atoms with Crippen molar-refractivity contribution in [2.45, 2.75) is 75.5 Å². The minimum atomic E-state index is -1.11. The van der Waals surface area contributed by atoms with E-state index in [2.05, 4.69) is 26.2 Å². The molecule has 4 saturated heterocycles. The summed E-state index contributed by atoms with van der Waals surface area (Å²) >= 11 is 0. The molecular formula is C37H37F3N6O2. The fourth-order valence-electron chi connectivity index (χ4n) is 8.97. The van der Waals surface area contributed by atoms with Gasteiger partial charge in [0.15, 0.2) is 17.5 Å². The van der Waals surface area contributed by atoms with Crippen LogP contribution in [0.2, 0.25) is 0 Å². The van der Waals surface area contributed by atoms with E-state index >= 15 is 8.78 Å². The van der Waals surface area contributed by atoms with Crippen LogP contribution in [-0.2, 0) is 0 Å². The Morgan fingerprint density at radius 3 is 2.40 bits per heavy atom. The molecule has 0 amide bonds. The standard InChI is InChI=1S/C37H37F3N6O2/c38-30-8-1-21-13-26(47)14-29(31(21)33(30)40)27-6-7-28-34(32(27)39)43-36(44-35(28)45-16-22-2-3-23(17-45)42-22)48-19-37(9-10-37)18-46-24-4-5-25(46)12-20(11-24)15-41/h1,6-8,13-14,20,22-25,42,47H,2-5,9-12,16-19H2. The molecule has 5 fully saturated rings. The number of nitriles is 1. The molecular weight excluding hydrogens is 617 g/mol. The average molecular weight is 655 g/mol. The molecule has 5 heterocycles. The number of fused-ring (bicyclic) bond motifs is 6. The third-order valence-electron chi connectivity index (χ3n) is 11.6. The van der Waals surface area contributed by atoms with E-state index in [1.165, 1.54) is 24.3 Å². The van der Waals surface area contributed by atoms with Gasteiger partial charge < -0.3 is 20.1 Å². The molecule has 1 saturated carbocycles. The van der Waals surface area contributed by atoms with E-state index < -0.39 is 17.5 Å². The van der Waals surface area contributed by atoms with E-state index in [1.54, 1.807) is 6.07 Å². The Hall–Kier alpha value is -4.14. The third-order valence-corrected chi connectivity index (χ3v) is 11.6. The van der Waals surface area contributed by atoms with E-state index in [0.717, 1.165) is 77.1 Å². The van der Waals surface area contributed by atoms with Crippen LogP contribution < -0.4 is 15.0 Å². The summed E-state index contributed by atoms with van der Waals surface area (Å²) in [6.07, 6.45) is 8.31. The minimum Gasteiger partial charge on any atom is -0.508 e. The lowest BCUT2D eigenvalue weighted by atomic mass is 9.90. The number of nitrogens with one attached hydrogen (secondary N) is 1. The summed E-state index contributed by atoms with van der Waals surface area (Å²) in [6, 6.07) is 12.3. The van der Waals surface area contributed by atoms with Gasteiger partial charge in [0.2, 0.25) is 0 Å². The summed E-state index contributed by atoms with van der Waals surface area (Å²) in [5, 5.41) is 24.3. The zero-order valence-corrected chi connectivity index (χ0v) is 26.6. The minimum absolute atomic E-state index is 0.00112. The van der Waals surface area contributed by atoms with Gasteiger partial charge in [-0.2, -0.15) is 15.2 Å². The summed E-state index contributed by atoms with van der Waals surface area (Å²) in [5.41, 5.74) is 0.0398. The third kappa shape index (κ3) is 5.03.